The lowest BCUT2D eigenvalue weighted by Gasteiger charge is -2.18. The highest BCUT2D eigenvalue weighted by molar-refractivity contribution is 5.71. The molecule has 0 saturated heterocycles. The fourth-order valence-corrected chi connectivity index (χ4v) is 6.10. The average molecular weight is 681 g/mol. The standard InChI is InChI=1S/C42H80O6/c1-5-7-9-11-13-16-21-25-29-33-40(43)46-36-39(48-42(45)35-31-27-23-17-14-12-10-8-6-2)37-47-41(44)34-30-26-22-19-15-18-20-24-28-32-38(3)4/h38-39H,5-37H2,1-4H3/t39-/m1/s1. The number of hydrogen-bond donors (Lipinski definition) is 0. The third-order valence-electron chi connectivity index (χ3n) is 9.29. The molecule has 0 bridgehead atoms. The number of esters is 3. The average Bonchev–Trinajstić information content (AvgIpc) is 3.06. The van der Waals surface area contributed by atoms with Crippen LogP contribution in [0.2, 0.25) is 0 Å². The van der Waals surface area contributed by atoms with Crippen molar-refractivity contribution in [1.29, 1.82) is 0 Å². The second-order valence-corrected chi connectivity index (χ2v) is 14.7. The molecule has 0 amide bonds. The molecule has 0 unspecified atom stereocenters. The predicted octanol–water partition coefficient (Wildman–Crippen LogP) is 12.8. The molecule has 0 aliphatic rings. The molecule has 0 fully saturated rings. The van der Waals surface area contributed by atoms with E-state index in [4.69, 9.17) is 14.2 Å². The summed E-state index contributed by atoms with van der Waals surface area (Å²) >= 11 is 0. The van der Waals surface area contributed by atoms with Crippen molar-refractivity contribution in [2.75, 3.05) is 13.2 Å². The van der Waals surface area contributed by atoms with Crippen molar-refractivity contribution in [3.8, 4) is 0 Å². The van der Waals surface area contributed by atoms with E-state index in [1.54, 1.807) is 0 Å². The van der Waals surface area contributed by atoms with Gasteiger partial charge in [-0.3, -0.25) is 14.4 Å². The van der Waals surface area contributed by atoms with Crippen LogP contribution in [0.1, 0.15) is 227 Å². The van der Waals surface area contributed by atoms with Gasteiger partial charge in [0.25, 0.3) is 0 Å². The van der Waals surface area contributed by atoms with Crippen molar-refractivity contribution in [1.82, 2.24) is 0 Å². The van der Waals surface area contributed by atoms with Gasteiger partial charge in [-0.15, -0.1) is 0 Å². The Kier molecular flexibility index (Phi) is 35.5. The highest BCUT2D eigenvalue weighted by Crippen LogP contribution is 2.15. The van der Waals surface area contributed by atoms with E-state index in [2.05, 4.69) is 27.7 Å². The van der Waals surface area contributed by atoms with E-state index in [0.29, 0.717) is 19.3 Å². The number of carbonyl (C=O) groups excluding carboxylic acids is 3. The van der Waals surface area contributed by atoms with E-state index in [-0.39, 0.29) is 31.1 Å². The molecule has 48 heavy (non-hydrogen) atoms. The van der Waals surface area contributed by atoms with Crippen LogP contribution in [0.3, 0.4) is 0 Å². The Morgan fingerprint density at radius 2 is 0.688 bits per heavy atom. The molecule has 1 atom stereocenters. The Balaban J connectivity index is 4.32. The van der Waals surface area contributed by atoms with Gasteiger partial charge in [-0.2, -0.15) is 0 Å². The number of rotatable bonds is 37. The van der Waals surface area contributed by atoms with Crippen molar-refractivity contribution < 1.29 is 28.6 Å². The topological polar surface area (TPSA) is 78.9 Å². The summed E-state index contributed by atoms with van der Waals surface area (Å²) in [4.78, 5) is 37.4. The minimum Gasteiger partial charge on any atom is -0.462 e. The Morgan fingerprint density at radius 1 is 0.396 bits per heavy atom. The van der Waals surface area contributed by atoms with E-state index in [1.165, 1.54) is 122 Å². The third-order valence-corrected chi connectivity index (χ3v) is 9.29. The lowest BCUT2D eigenvalue weighted by Crippen LogP contribution is -2.30. The van der Waals surface area contributed by atoms with Gasteiger partial charge in [-0.25, -0.2) is 0 Å². The summed E-state index contributed by atoms with van der Waals surface area (Å²) in [7, 11) is 0. The van der Waals surface area contributed by atoms with E-state index in [1.807, 2.05) is 0 Å². The van der Waals surface area contributed by atoms with Crippen molar-refractivity contribution in [3.05, 3.63) is 0 Å². The minimum atomic E-state index is -0.757. The first kappa shape index (κ1) is 46.4. The van der Waals surface area contributed by atoms with Gasteiger partial charge < -0.3 is 14.2 Å². The first-order valence-corrected chi connectivity index (χ1v) is 20.9. The predicted molar refractivity (Wildman–Crippen MR) is 201 cm³/mol. The Hall–Kier alpha value is -1.59. The lowest BCUT2D eigenvalue weighted by molar-refractivity contribution is -0.167. The zero-order chi connectivity index (χ0) is 35.3. The second kappa shape index (κ2) is 36.7. The molecule has 0 radical (unpaired) electrons. The van der Waals surface area contributed by atoms with Crippen LogP contribution >= 0.6 is 0 Å². The van der Waals surface area contributed by atoms with E-state index < -0.39 is 6.10 Å². The Labute approximate surface area is 298 Å². The molecule has 0 aliphatic carbocycles. The van der Waals surface area contributed by atoms with Gasteiger partial charge in [-0.05, 0) is 25.2 Å². The fourth-order valence-electron chi connectivity index (χ4n) is 6.10. The molecule has 0 spiro atoms. The number of ether oxygens (including phenoxy) is 3. The van der Waals surface area contributed by atoms with Crippen LogP contribution in [0.25, 0.3) is 0 Å². The van der Waals surface area contributed by atoms with Crippen molar-refractivity contribution in [2.45, 2.75) is 233 Å². The summed E-state index contributed by atoms with van der Waals surface area (Å²) in [6, 6.07) is 0. The van der Waals surface area contributed by atoms with Gasteiger partial charge in [-0.1, -0.05) is 188 Å². The molecule has 0 heterocycles. The monoisotopic (exact) mass is 681 g/mol. The van der Waals surface area contributed by atoms with Crippen LogP contribution in [0.5, 0.6) is 0 Å². The van der Waals surface area contributed by atoms with Gasteiger partial charge in [0, 0.05) is 19.3 Å². The van der Waals surface area contributed by atoms with Crippen LogP contribution in [0, 0.1) is 5.92 Å². The highest BCUT2D eigenvalue weighted by atomic mass is 16.6. The first-order valence-electron chi connectivity index (χ1n) is 20.9. The van der Waals surface area contributed by atoms with Crippen LogP contribution in [-0.4, -0.2) is 37.2 Å². The van der Waals surface area contributed by atoms with E-state index in [9.17, 15) is 14.4 Å². The summed E-state index contributed by atoms with van der Waals surface area (Å²) in [5, 5.41) is 0. The zero-order valence-electron chi connectivity index (χ0n) is 32.4. The molecular formula is C42H80O6. The summed E-state index contributed by atoms with van der Waals surface area (Å²) in [6.45, 7) is 8.92. The van der Waals surface area contributed by atoms with Gasteiger partial charge in [0.15, 0.2) is 6.10 Å². The molecule has 0 aromatic carbocycles. The number of hydrogen-bond acceptors (Lipinski definition) is 6. The van der Waals surface area contributed by atoms with E-state index in [0.717, 1.165) is 63.7 Å². The molecule has 0 aliphatic heterocycles. The maximum absolute atomic E-state index is 12.6. The second-order valence-electron chi connectivity index (χ2n) is 14.7. The normalized spacial score (nSPS) is 11.9. The molecule has 0 rings (SSSR count). The zero-order valence-corrected chi connectivity index (χ0v) is 32.4. The summed E-state index contributed by atoms with van der Waals surface area (Å²) in [6.07, 6.45) is 33.8. The summed E-state index contributed by atoms with van der Waals surface area (Å²) in [5.74, 6) is -0.0569. The molecule has 0 saturated carbocycles. The van der Waals surface area contributed by atoms with Crippen LogP contribution in [-0.2, 0) is 28.6 Å². The smallest absolute Gasteiger partial charge is 0.306 e. The summed E-state index contributed by atoms with van der Waals surface area (Å²) in [5.41, 5.74) is 0. The number of unbranched alkanes of at least 4 members (excludes halogenated alkanes) is 24. The lowest BCUT2D eigenvalue weighted by atomic mass is 10.0. The van der Waals surface area contributed by atoms with Gasteiger partial charge in [0.2, 0.25) is 0 Å². The van der Waals surface area contributed by atoms with Crippen molar-refractivity contribution >= 4 is 17.9 Å². The maximum Gasteiger partial charge on any atom is 0.306 e. The minimum absolute atomic E-state index is 0.0650. The SMILES string of the molecule is CCCCCCCCCCCC(=O)OC[C@H](COC(=O)CCCCCCCCCCCC(C)C)OC(=O)CCCCCCCCCCC. The highest BCUT2D eigenvalue weighted by Gasteiger charge is 2.19. The van der Waals surface area contributed by atoms with Crippen LogP contribution < -0.4 is 0 Å². The molecule has 0 aromatic heterocycles. The van der Waals surface area contributed by atoms with Gasteiger partial charge >= 0.3 is 17.9 Å². The van der Waals surface area contributed by atoms with Crippen LogP contribution in [0.4, 0.5) is 0 Å². The molecular weight excluding hydrogens is 600 g/mol. The van der Waals surface area contributed by atoms with Gasteiger partial charge in [0.05, 0.1) is 0 Å². The number of carbonyl (C=O) groups is 3. The fraction of sp³-hybridized carbons (Fsp3) is 0.929. The van der Waals surface area contributed by atoms with Crippen molar-refractivity contribution in [3.63, 3.8) is 0 Å². The van der Waals surface area contributed by atoms with Crippen molar-refractivity contribution in [2.24, 2.45) is 5.92 Å². The largest absolute Gasteiger partial charge is 0.462 e. The maximum atomic E-state index is 12.6. The van der Waals surface area contributed by atoms with E-state index >= 15 is 0 Å². The molecule has 0 aromatic rings. The first-order chi connectivity index (χ1) is 23.4. The third kappa shape index (κ3) is 35.7. The van der Waals surface area contributed by atoms with Gasteiger partial charge in [0.1, 0.15) is 13.2 Å². The molecule has 284 valence electrons. The molecule has 6 heteroatoms. The molecule has 6 nitrogen and oxygen atoms in total. The quantitative estimate of drug-likeness (QED) is 0.0369. The Bertz CT molecular complexity index is 721. The Morgan fingerprint density at radius 3 is 1.02 bits per heavy atom. The van der Waals surface area contributed by atoms with Crippen LogP contribution in [0.15, 0.2) is 0 Å². The summed E-state index contributed by atoms with van der Waals surface area (Å²) < 4.78 is 16.6. The molecule has 0 N–H and O–H groups in total.